The van der Waals surface area contributed by atoms with Gasteiger partial charge in [-0.1, -0.05) is 42.0 Å². The molecular formula is C28H27N3O3. The number of aromatic nitrogens is 1. The first-order chi connectivity index (χ1) is 16.4. The third-order valence-corrected chi connectivity index (χ3v) is 5.66. The summed E-state index contributed by atoms with van der Waals surface area (Å²) in [5, 5.41) is 3.85. The van der Waals surface area contributed by atoms with Crippen molar-refractivity contribution in [3.8, 4) is 0 Å². The van der Waals surface area contributed by atoms with E-state index in [0.29, 0.717) is 29.9 Å². The molecule has 0 spiro atoms. The second-order valence-corrected chi connectivity index (χ2v) is 8.53. The Hall–Kier alpha value is -4.03. The van der Waals surface area contributed by atoms with Gasteiger partial charge in [-0.05, 0) is 67.3 Å². The molecule has 1 aromatic heterocycles. The monoisotopic (exact) mass is 453 g/mol. The fraction of sp³-hybridized carbons (Fsp3) is 0.179. The fourth-order valence-electron chi connectivity index (χ4n) is 3.93. The van der Waals surface area contributed by atoms with Crippen molar-refractivity contribution in [1.82, 2.24) is 9.88 Å². The van der Waals surface area contributed by atoms with Gasteiger partial charge in [-0.3, -0.25) is 19.3 Å². The summed E-state index contributed by atoms with van der Waals surface area (Å²) in [7, 11) is 0. The molecule has 4 aromatic rings. The molecular weight excluding hydrogens is 426 g/mol. The summed E-state index contributed by atoms with van der Waals surface area (Å²) in [5.41, 5.74) is 4.61. The lowest BCUT2D eigenvalue weighted by molar-refractivity contribution is -0.117. The van der Waals surface area contributed by atoms with Gasteiger partial charge in [0, 0.05) is 35.4 Å². The molecule has 0 radical (unpaired) electrons. The first-order valence-electron chi connectivity index (χ1n) is 11.2. The van der Waals surface area contributed by atoms with Gasteiger partial charge in [-0.25, -0.2) is 0 Å². The standard InChI is InChI=1S/C28H27N3O3/c1-19-8-13-26-23(14-19)15-24(28(34)30-26)17-31(16-21-6-4-3-5-7-21)18-27(33)29-25-11-9-22(10-12-25)20(2)32/h3-15H,16-18H2,1-2H3,(H,29,33)(H,30,34). The van der Waals surface area contributed by atoms with Crippen molar-refractivity contribution in [3.63, 3.8) is 0 Å². The zero-order valence-corrected chi connectivity index (χ0v) is 19.3. The van der Waals surface area contributed by atoms with Crippen molar-refractivity contribution in [2.24, 2.45) is 0 Å². The molecule has 1 amide bonds. The maximum atomic E-state index is 12.9. The van der Waals surface area contributed by atoms with E-state index in [1.807, 2.05) is 66.4 Å². The normalized spacial score (nSPS) is 11.0. The number of carbonyl (C=O) groups is 2. The van der Waals surface area contributed by atoms with Crippen molar-refractivity contribution >= 4 is 28.3 Å². The Labute approximate surface area is 198 Å². The lowest BCUT2D eigenvalue weighted by Gasteiger charge is -2.22. The molecule has 0 unspecified atom stereocenters. The maximum absolute atomic E-state index is 12.9. The predicted octanol–water partition coefficient (Wildman–Crippen LogP) is 4.68. The van der Waals surface area contributed by atoms with Crippen LogP contribution >= 0.6 is 0 Å². The van der Waals surface area contributed by atoms with Crippen molar-refractivity contribution in [1.29, 1.82) is 0 Å². The van der Waals surface area contributed by atoms with Crippen LogP contribution in [0.25, 0.3) is 10.9 Å². The summed E-state index contributed by atoms with van der Waals surface area (Å²) in [5.74, 6) is -0.220. The Morgan fingerprint density at radius 3 is 2.35 bits per heavy atom. The Morgan fingerprint density at radius 2 is 1.65 bits per heavy atom. The van der Waals surface area contributed by atoms with Gasteiger partial charge in [0.25, 0.3) is 5.56 Å². The summed E-state index contributed by atoms with van der Waals surface area (Å²) >= 11 is 0. The zero-order valence-electron chi connectivity index (χ0n) is 19.3. The lowest BCUT2D eigenvalue weighted by Crippen LogP contribution is -2.34. The molecule has 4 rings (SSSR count). The largest absolute Gasteiger partial charge is 0.325 e. The van der Waals surface area contributed by atoms with Crippen LogP contribution in [-0.2, 0) is 17.9 Å². The Balaban J connectivity index is 1.55. The molecule has 34 heavy (non-hydrogen) atoms. The SMILES string of the molecule is CC(=O)c1ccc(NC(=O)CN(Cc2ccccc2)Cc2cc3cc(C)ccc3[nH]c2=O)cc1. The Bertz CT molecular complexity index is 1380. The van der Waals surface area contributed by atoms with Crippen LogP contribution in [0.5, 0.6) is 0 Å². The molecule has 2 N–H and O–H groups in total. The van der Waals surface area contributed by atoms with E-state index in [1.165, 1.54) is 6.92 Å². The van der Waals surface area contributed by atoms with Crippen LogP contribution in [0.15, 0.2) is 83.7 Å². The lowest BCUT2D eigenvalue weighted by atomic mass is 10.1. The minimum atomic E-state index is -0.195. The minimum Gasteiger partial charge on any atom is -0.325 e. The number of benzene rings is 3. The van der Waals surface area contributed by atoms with Gasteiger partial charge in [0.2, 0.25) is 5.91 Å². The van der Waals surface area contributed by atoms with Crippen LogP contribution < -0.4 is 10.9 Å². The third kappa shape index (κ3) is 5.85. The van der Waals surface area contributed by atoms with Crippen LogP contribution in [0.4, 0.5) is 5.69 Å². The molecule has 0 saturated carbocycles. The summed E-state index contributed by atoms with van der Waals surface area (Å²) in [6.45, 7) is 4.46. The second-order valence-electron chi connectivity index (χ2n) is 8.53. The number of pyridine rings is 1. The van der Waals surface area contributed by atoms with Gasteiger partial charge in [0.05, 0.1) is 6.54 Å². The number of H-pyrrole nitrogens is 1. The summed E-state index contributed by atoms with van der Waals surface area (Å²) in [6.07, 6.45) is 0. The van der Waals surface area contributed by atoms with E-state index in [2.05, 4.69) is 10.3 Å². The highest BCUT2D eigenvalue weighted by atomic mass is 16.2. The van der Waals surface area contributed by atoms with Crippen LogP contribution in [0.2, 0.25) is 0 Å². The number of nitrogens with zero attached hydrogens (tertiary/aromatic N) is 1. The number of nitrogens with one attached hydrogen (secondary N) is 2. The van der Waals surface area contributed by atoms with E-state index < -0.39 is 0 Å². The third-order valence-electron chi connectivity index (χ3n) is 5.66. The molecule has 6 nitrogen and oxygen atoms in total. The van der Waals surface area contributed by atoms with Crippen molar-refractivity contribution in [2.45, 2.75) is 26.9 Å². The molecule has 0 bridgehead atoms. The predicted molar refractivity (Wildman–Crippen MR) is 135 cm³/mol. The molecule has 6 heteroatoms. The fourth-order valence-corrected chi connectivity index (χ4v) is 3.93. The Kier molecular flexibility index (Phi) is 6.99. The highest BCUT2D eigenvalue weighted by Gasteiger charge is 2.15. The van der Waals surface area contributed by atoms with E-state index >= 15 is 0 Å². The van der Waals surface area contributed by atoms with Crippen LogP contribution in [0.3, 0.4) is 0 Å². The smallest absolute Gasteiger partial charge is 0.252 e. The van der Waals surface area contributed by atoms with E-state index in [0.717, 1.165) is 22.0 Å². The average molecular weight is 454 g/mol. The van der Waals surface area contributed by atoms with E-state index in [4.69, 9.17) is 0 Å². The maximum Gasteiger partial charge on any atom is 0.252 e. The molecule has 1 heterocycles. The number of carbonyl (C=O) groups excluding carboxylic acids is 2. The highest BCUT2D eigenvalue weighted by molar-refractivity contribution is 5.96. The number of amides is 1. The molecule has 172 valence electrons. The first-order valence-corrected chi connectivity index (χ1v) is 11.2. The van der Waals surface area contributed by atoms with Gasteiger partial charge in [-0.15, -0.1) is 0 Å². The molecule has 0 saturated heterocycles. The van der Waals surface area contributed by atoms with Crippen LogP contribution in [0.1, 0.15) is 34.0 Å². The second kappa shape index (κ2) is 10.3. The number of Topliss-reactive ketones (excluding diaryl/α,β-unsaturated/α-hetero) is 1. The number of aromatic amines is 1. The molecule has 3 aromatic carbocycles. The molecule has 0 fully saturated rings. The van der Waals surface area contributed by atoms with Crippen LogP contribution in [0, 0.1) is 6.92 Å². The van der Waals surface area contributed by atoms with E-state index in [1.54, 1.807) is 24.3 Å². The zero-order chi connectivity index (χ0) is 24.1. The number of hydrogen-bond acceptors (Lipinski definition) is 4. The van der Waals surface area contributed by atoms with Crippen molar-refractivity contribution < 1.29 is 9.59 Å². The topological polar surface area (TPSA) is 82.3 Å². The number of aryl methyl sites for hydroxylation is 1. The summed E-state index contributed by atoms with van der Waals surface area (Å²) < 4.78 is 0. The molecule has 0 aliphatic rings. The van der Waals surface area contributed by atoms with Crippen molar-refractivity contribution in [3.05, 3.63) is 111 Å². The van der Waals surface area contributed by atoms with Crippen molar-refractivity contribution in [2.75, 3.05) is 11.9 Å². The molecule has 0 atom stereocenters. The van der Waals surface area contributed by atoms with Gasteiger partial charge in [-0.2, -0.15) is 0 Å². The number of rotatable bonds is 8. The Morgan fingerprint density at radius 1 is 0.912 bits per heavy atom. The van der Waals surface area contributed by atoms with E-state index in [-0.39, 0.29) is 23.8 Å². The van der Waals surface area contributed by atoms with Crippen LogP contribution in [-0.4, -0.2) is 28.1 Å². The number of ketones is 1. The van der Waals surface area contributed by atoms with Gasteiger partial charge in [0.15, 0.2) is 5.78 Å². The molecule has 0 aliphatic heterocycles. The quantitative estimate of drug-likeness (QED) is 0.380. The first kappa shape index (κ1) is 23.1. The van der Waals surface area contributed by atoms with E-state index in [9.17, 15) is 14.4 Å². The van der Waals surface area contributed by atoms with Gasteiger partial charge < -0.3 is 10.3 Å². The highest BCUT2D eigenvalue weighted by Crippen LogP contribution is 2.16. The van der Waals surface area contributed by atoms with Gasteiger partial charge in [0.1, 0.15) is 0 Å². The molecule has 0 aliphatic carbocycles. The minimum absolute atomic E-state index is 0.0253. The number of anilines is 1. The van der Waals surface area contributed by atoms with Gasteiger partial charge >= 0.3 is 0 Å². The number of hydrogen-bond donors (Lipinski definition) is 2. The number of fused-ring (bicyclic) bond motifs is 1. The summed E-state index contributed by atoms with van der Waals surface area (Å²) in [6, 6.07) is 24.5. The average Bonchev–Trinajstić information content (AvgIpc) is 2.81. The summed E-state index contributed by atoms with van der Waals surface area (Å²) in [4.78, 5) is 42.0.